The van der Waals surface area contributed by atoms with Gasteiger partial charge in [-0.1, -0.05) is 6.07 Å². The molecule has 0 radical (unpaired) electrons. The van der Waals surface area contributed by atoms with Crippen molar-refractivity contribution in [2.75, 3.05) is 18.0 Å². The molecule has 1 N–H and O–H groups in total. The summed E-state index contributed by atoms with van der Waals surface area (Å²) in [6, 6.07) is 4.34. The number of fused-ring (bicyclic) bond motifs is 1. The summed E-state index contributed by atoms with van der Waals surface area (Å²) in [4.78, 5) is 24.5. The Bertz CT molecular complexity index is 668. The van der Waals surface area contributed by atoms with Crippen LogP contribution in [0.5, 0.6) is 0 Å². The van der Waals surface area contributed by atoms with Crippen LogP contribution >= 0.6 is 11.3 Å². The van der Waals surface area contributed by atoms with E-state index in [1.165, 1.54) is 16.2 Å². The highest BCUT2D eigenvalue weighted by Gasteiger charge is 2.25. The second kappa shape index (κ2) is 7.08. The molecule has 6 heteroatoms. The lowest BCUT2D eigenvalue weighted by molar-refractivity contribution is 0.0954. The third-order valence-electron chi connectivity index (χ3n) is 3.99. The molecular weight excluding hydrogens is 308 g/mol. The molecule has 0 saturated heterocycles. The van der Waals surface area contributed by atoms with E-state index in [1.807, 2.05) is 18.3 Å². The average molecular weight is 330 g/mol. The predicted molar refractivity (Wildman–Crippen MR) is 93.2 cm³/mol. The second-order valence-electron chi connectivity index (χ2n) is 6.02. The summed E-state index contributed by atoms with van der Waals surface area (Å²) >= 11 is 1.53. The fraction of sp³-hybridized carbons (Fsp3) is 0.471. The number of aromatic nitrogens is 2. The molecule has 0 unspecified atom stereocenters. The summed E-state index contributed by atoms with van der Waals surface area (Å²) in [6.07, 6.45) is 6.52. The number of hydrogen-bond acceptors (Lipinski definition) is 5. The molecule has 0 spiro atoms. The van der Waals surface area contributed by atoms with Gasteiger partial charge in [-0.15, -0.1) is 11.3 Å². The zero-order valence-electron chi connectivity index (χ0n) is 13.6. The lowest BCUT2D eigenvalue weighted by Crippen LogP contribution is -2.35. The van der Waals surface area contributed by atoms with Crippen molar-refractivity contribution in [2.45, 2.75) is 39.2 Å². The molecular formula is C17H22N4OS. The molecule has 5 nitrogen and oxygen atoms in total. The largest absolute Gasteiger partial charge is 0.353 e. The van der Waals surface area contributed by atoms with Crippen LogP contribution < -0.4 is 10.2 Å². The van der Waals surface area contributed by atoms with Gasteiger partial charge in [0.15, 0.2) is 5.01 Å². The van der Waals surface area contributed by atoms with Gasteiger partial charge in [0.25, 0.3) is 5.91 Å². The first-order chi connectivity index (χ1) is 11.1. The smallest absolute Gasteiger partial charge is 0.280 e. The molecule has 0 saturated carbocycles. The maximum absolute atomic E-state index is 12.3. The minimum absolute atomic E-state index is 0.0722. The van der Waals surface area contributed by atoms with Crippen LogP contribution in [-0.2, 0) is 12.8 Å². The second-order valence-corrected chi connectivity index (χ2v) is 7.11. The van der Waals surface area contributed by atoms with Gasteiger partial charge in [-0.2, -0.15) is 0 Å². The number of nitrogens with zero attached hydrogens (tertiary/aromatic N) is 3. The molecule has 0 fully saturated rings. The van der Waals surface area contributed by atoms with Crippen LogP contribution in [0.3, 0.4) is 0 Å². The first-order valence-electron chi connectivity index (χ1n) is 8.08. The third kappa shape index (κ3) is 3.69. The van der Waals surface area contributed by atoms with Crippen molar-refractivity contribution in [1.82, 2.24) is 15.3 Å². The van der Waals surface area contributed by atoms with E-state index in [9.17, 15) is 4.79 Å². The maximum Gasteiger partial charge on any atom is 0.280 e. The van der Waals surface area contributed by atoms with E-state index in [0.29, 0.717) is 17.6 Å². The predicted octanol–water partition coefficient (Wildman–Crippen LogP) is 2.67. The van der Waals surface area contributed by atoms with Crippen molar-refractivity contribution >= 4 is 23.1 Å². The van der Waals surface area contributed by atoms with Gasteiger partial charge in [0, 0.05) is 36.4 Å². The van der Waals surface area contributed by atoms with E-state index >= 15 is 0 Å². The van der Waals surface area contributed by atoms with Crippen molar-refractivity contribution in [3.63, 3.8) is 0 Å². The number of hydrogen-bond donors (Lipinski definition) is 1. The molecule has 1 aliphatic heterocycles. The number of nitrogens with one attached hydrogen (secondary N) is 1. The van der Waals surface area contributed by atoms with E-state index in [2.05, 4.69) is 34.0 Å². The molecule has 3 heterocycles. The van der Waals surface area contributed by atoms with Gasteiger partial charge in [0.1, 0.15) is 5.82 Å². The molecule has 3 rings (SSSR count). The molecule has 0 aromatic carbocycles. The highest BCUT2D eigenvalue weighted by molar-refractivity contribution is 7.14. The fourth-order valence-corrected chi connectivity index (χ4v) is 3.82. The first-order valence-corrected chi connectivity index (χ1v) is 8.90. The highest BCUT2D eigenvalue weighted by Crippen LogP contribution is 2.32. The van der Waals surface area contributed by atoms with Crippen molar-refractivity contribution in [1.29, 1.82) is 0 Å². The van der Waals surface area contributed by atoms with Crippen LogP contribution in [0.25, 0.3) is 0 Å². The number of thiazole rings is 1. The zero-order valence-corrected chi connectivity index (χ0v) is 14.4. The standard InChI is InChI=1S/C17H22N4OS/c1-12(2)21-10-4-6-14-15(21)20-17(23-14)16(22)19-9-7-13-5-3-8-18-11-13/h3,5,8,11-12H,4,6-7,9-10H2,1-2H3,(H,19,22). The summed E-state index contributed by atoms with van der Waals surface area (Å²) in [5.41, 5.74) is 1.12. The SMILES string of the molecule is CC(C)N1CCCc2sc(C(=O)NCCc3cccnc3)nc21. The van der Waals surface area contributed by atoms with Crippen LogP contribution in [0, 0.1) is 0 Å². The summed E-state index contributed by atoms with van der Waals surface area (Å²) in [5, 5.41) is 3.54. The van der Waals surface area contributed by atoms with E-state index in [1.54, 1.807) is 6.20 Å². The molecule has 23 heavy (non-hydrogen) atoms. The lowest BCUT2D eigenvalue weighted by atomic mass is 10.1. The summed E-state index contributed by atoms with van der Waals surface area (Å²) in [7, 11) is 0. The minimum Gasteiger partial charge on any atom is -0.353 e. The monoisotopic (exact) mass is 330 g/mol. The van der Waals surface area contributed by atoms with Gasteiger partial charge in [0.05, 0.1) is 0 Å². The van der Waals surface area contributed by atoms with Gasteiger partial charge in [0.2, 0.25) is 0 Å². The number of amides is 1. The Kier molecular flexibility index (Phi) is 4.91. The van der Waals surface area contributed by atoms with Gasteiger partial charge >= 0.3 is 0 Å². The Hall–Kier alpha value is -1.95. The van der Waals surface area contributed by atoms with Crippen molar-refractivity contribution in [2.24, 2.45) is 0 Å². The van der Waals surface area contributed by atoms with Gasteiger partial charge in [-0.05, 0) is 44.7 Å². The van der Waals surface area contributed by atoms with Crippen LogP contribution in [0.2, 0.25) is 0 Å². The Morgan fingerprint density at radius 3 is 3.09 bits per heavy atom. The highest BCUT2D eigenvalue weighted by atomic mass is 32.1. The number of carbonyl (C=O) groups is 1. The number of carbonyl (C=O) groups excluding carboxylic acids is 1. The molecule has 122 valence electrons. The molecule has 1 amide bonds. The number of pyridine rings is 1. The van der Waals surface area contributed by atoms with E-state index in [-0.39, 0.29) is 5.91 Å². The fourth-order valence-electron chi connectivity index (χ4n) is 2.79. The summed E-state index contributed by atoms with van der Waals surface area (Å²) in [5.74, 6) is 0.936. The zero-order chi connectivity index (χ0) is 16.2. The quantitative estimate of drug-likeness (QED) is 0.916. The molecule has 1 aliphatic rings. The number of aryl methyl sites for hydroxylation is 1. The van der Waals surface area contributed by atoms with Crippen molar-refractivity contribution in [3.8, 4) is 0 Å². The number of rotatable bonds is 5. The van der Waals surface area contributed by atoms with E-state index < -0.39 is 0 Å². The van der Waals surface area contributed by atoms with Gasteiger partial charge in [-0.25, -0.2) is 4.98 Å². The Balaban J connectivity index is 1.62. The summed E-state index contributed by atoms with van der Waals surface area (Å²) in [6.45, 7) is 5.96. The van der Waals surface area contributed by atoms with E-state index in [4.69, 9.17) is 0 Å². The lowest BCUT2D eigenvalue weighted by Gasteiger charge is -2.31. The Labute approximate surface area is 140 Å². The Morgan fingerprint density at radius 1 is 1.48 bits per heavy atom. The van der Waals surface area contributed by atoms with Crippen LogP contribution in [0.15, 0.2) is 24.5 Å². The van der Waals surface area contributed by atoms with Crippen LogP contribution in [0.4, 0.5) is 5.82 Å². The van der Waals surface area contributed by atoms with E-state index in [0.717, 1.165) is 37.2 Å². The third-order valence-corrected chi connectivity index (χ3v) is 5.09. The van der Waals surface area contributed by atoms with Crippen LogP contribution in [0.1, 0.15) is 40.5 Å². The normalized spacial score (nSPS) is 14.0. The van der Waals surface area contributed by atoms with Crippen LogP contribution in [-0.4, -0.2) is 35.0 Å². The maximum atomic E-state index is 12.3. The van der Waals surface area contributed by atoms with Crippen molar-refractivity contribution < 1.29 is 4.79 Å². The molecule has 0 atom stereocenters. The van der Waals surface area contributed by atoms with Gasteiger partial charge in [-0.3, -0.25) is 9.78 Å². The molecule has 2 aromatic heterocycles. The first kappa shape index (κ1) is 15.9. The summed E-state index contributed by atoms with van der Waals surface area (Å²) < 4.78 is 0. The number of anilines is 1. The van der Waals surface area contributed by atoms with Crippen molar-refractivity contribution in [3.05, 3.63) is 40.0 Å². The minimum atomic E-state index is -0.0722. The average Bonchev–Trinajstić information content (AvgIpc) is 2.99. The topological polar surface area (TPSA) is 58.1 Å². The molecule has 0 aliphatic carbocycles. The van der Waals surface area contributed by atoms with Gasteiger partial charge < -0.3 is 10.2 Å². The Morgan fingerprint density at radius 2 is 2.35 bits per heavy atom. The molecule has 0 bridgehead atoms. The molecule has 2 aromatic rings.